The van der Waals surface area contributed by atoms with E-state index in [1.165, 1.54) is 0 Å². The van der Waals surface area contributed by atoms with Crippen LogP contribution in [0.1, 0.15) is 0 Å². The standard InChI is InChI=1S/C4H4N.2ClH.Zr/c1-2-4-5-3-1;;;/h1-3,5H;2*1H;/q-1;;;+3/p-2. The van der Waals surface area contributed by atoms with Gasteiger partial charge in [0, 0.05) is 0 Å². The molecule has 1 nitrogen and oxygen atoms in total. The number of aromatic amines is 1. The SMILES string of the molecule is [Cl-].[Cl-].[Zr+3].[c-]1ccc[nH]1. The van der Waals surface area contributed by atoms with E-state index in [0.717, 1.165) is 0 Å². The number of halogens is 2. The van der Waals surface area contributed by atoms with E-state index < -0.39 is 0 Å². The molecule has 0 fully saturated rings. The average Bonchev–Trinajstić information content (AvgIpc) is 1.76. The van der Waals surface area contributed by atoms with Crippen LogP contribution in [0.25, 0.3) is 0 Å². The van der Waals surface area contributed by atoms with E-state index in [9.17, 15) is 0 Å². The van der Waals surface area contributed by atoms with E-state index in [2.05, 4.69) is 11.2 Å². The molecule has 0 aliphatic heterocycles. The molecule has 1 radical (unpaired) electrons. The molecule has 43 valence electrons. The van der Waals surface area contributed by atoms with Crippen LogP contribution in [0.2, 0.25) is 0 Å². The fraction of sp³-hybridized carbons (Fsp3) is 0. The molecule has 1 aromatic rings. The zero-order valence-electron chi connectivity index (χ0n) is 3.99. The Morgan fingerprint density at radius 2 is 1.88 bits per heavy atom. The Morgan fingerprint density at radius 1 is 1.25 bits per heavy atom. The second-order valence-electron chi connectivity index (χ2n) is 0.814. The molecule has 0 aromatic carbocycles. The van der Waals surface area contributed by atoms with Gasteiger partial charge in [0.15, 0.2) is 0 Å². The van der Waals surface area contributed by atoms with Gasteiger partial charge < -0.3 is 29.8 Å². The molecule has 0 unspecified atom stereocenters. The van der Waals surface area contributed by atoms with Crippen molar-refractivity contribution in [3.63, 3.8) is 0 Å². The van der Waals surface area contributed by atoms with Gasteiger partial charge in [-0.25, -0.2) is 0 Å². The minimum Gasteiger partial charge on any atom is -1.00 e. The molecule has 0 spiro atoms. The first-order valence-corrected chi connectivity index (χ1v) is 1.49. The van der Waals surface area contributed by atoms with Gasteiger partial charge in [0.2, 0.25) is 0 Å². The van der Waals surface area contributed by atoms with Crippen molar-refractivity contribution in [1.29, 1.82) is 0 Å². The second kappa shape index (κ2) is 10.7. The summed E-state index contributed by atoms with van der Waals surface area (Å²) >= 11 is 0. The van der Waals surface area contributed by atoms with Crippen molar-refractivity contribution in [2.24, 2.45) is 0 Å². The molecule has 0 saturated carbocycles. The molecule has 8 heavy (non-hydrogen) atoms. The molecule has 1 N–H and O–H groups in total. The van der Waals surface area contributed by atoms with Gasteiger partial charge in [-0.15, -0.1) is 6.20 Å². The maximum atomic E-state index is 2.74. The Balaban J connectivity index is -0.0000000833. The molecule has 0 amide bonds. The largest absolute Gasteiger partial charge is 3.00 e. The molecular formula is C4H4Cl2NZr. The van der Waals surface area contributed by atoms with Crippen molar-refractivity contribution in [1.82, 2.24) is 4.98 Å². The molecular weight excluding hydrogens is 224 g/mol. The van der Waals surface area contributed by atoms with E-state index in [4.69, 9.17) is 0 Å². The Labute approximate surface area is 80.2 Å². The molecule has 0 aliphatic rings. The van der Waals surface area contributed by atoms with Crippen molar-refractivity contribution >= 4 is 0 Å². The van der Waals surface area contributed by atoms with Gasteiger partial charge in [0.25, 0.3) is 0 Å². The van der Waals surface area contributed by atoms with Crippen LogP contribution in [0.15, 0.2) is 18.3 Å². The Kier molecular flexibility index (Phi) is 21.2. The second-order valence-corrected chi connectivity index (χ2v) is 0.814. The number of rotatable bonds is 0. The number of hydrogen-bond acceptors (Lipinski definition) is 0. The Morgan fingerprint density at radius 3 is 2.00 bits per heavy atom. The van der Waals surface area contributed by atoms with Crippen LogP contribution in [-0.2, 0) is 26.2 Å². The fourth-order valence-electron chi connectivity index (χ4n) is 0.241. The molecule has 0 aliphatic carbocycles. The monoisotopic (exact) mass is 226 g/mol. The van der Waals surface area contributed by atoms with E-state index in [0.29, 0.717) is 0 Å². The minimum atomic E-state index is 0. The van der Waals surface area contributed by atoms with Crippen LogP contribution in [0.5, 0.6) is 0 Å². The quantitative estimate of drug-likeness (QED) is 0.427. The van der Waals surface area contributed by atoms with Crippen molar-refractivity contribution in [3.8, 4) is 0 Å². The molecule has 4 heteroatoms. The van der Waals surface area contributed by atoms with Crippen LogP contribution >= 0.6 is 0 Å². The first-order valence-electron chi connectivity index (χ1n) is 1.49. The zero-order chi connectivity index (χ0) is 3.54. The number of H-pyrrole nitrogens is 1. The summed E-state index contributed by atoms with van der Waals surface area (Å²) < 4.78 is 0. The summed E-state index contributed by atoms with van der Waals surface area (Å²) in [6, 6.07) is 3.71. The van der Waals surface area contributed by atoms with Crippen molar-refractivity contribution in [2.75, 3.05) is 0 Å². The van der Waals surface area contributed by atoms with Gasteiger partial charge in [-0.3, -0.25) is 0 Å². The maximum Gasteiger partial charge on any atom is 3.00 e. The summed E-state index contributed by atoms with van der Waals surface area (Å²) in [5, 5.41) is 0. The van der Waals surface area contributed by atoms with E-state index in [1.807, 2.05) is 18.3 Å². The molecule has 0 bridgehead atoms. The van der Waals surface area contributed by atoms with Crippen LogP contribution in [0, 0.1) is 6.20 Å². The zero-order valence-corrected chi connectivity index (χ0v) is 7.96. The third-order valence-corrected chi connectivity index (χ3v) is 0.442. The number of hydrogen-bond donors (Lipinski definition) is 1. The smallest absolute Gasteiger partial charge is 1.00 e. The topological polar surface area (TPSA) is 15.8 Å². The van der Waals surface area contributed by atoms with E-state index >= 15 is 0 Å². The van der Waals surface area contributed by atoms with Crippen LogP contribution < -0.4 is 24.8 Å². The van der Waals surface area contributed by atoms with Gasteiger partial charge >= 0.3 is 26.2 Å². The van der Waals surface area contributed by atoms with Gasteiger partial charge in [0.05, 0.1) is 0 Å². The normalized spacial score (nSPS) is 5.00. The van der Waals surface area contributed by atoms with Crippen LogP contribution in [0.4, 0.5) is 0 Å². The molecule has 0 saturated heterocycles. The van der Waals surface area contributed by atoms with Crippen LogP contribution in [0.3, 0.4) is 0 Å². The molecule has 1 heterocycles. The number of aromatic nitrogens is 1. The summed E-state index contributed by atoms with van der Waals surface area (Å²) in [4.78, 5) is 2.74. The van der Waals surface area contributed by atoms with Gasteiger partial charge in [-0.05, 0) is 0 Å². The van der Waals surface area contributed by atoms with Gasteiger partial charge in [-0.1, -0.05) is 0 Å². The minimum absolute atomic E-state index is 0. The summed E-state index contributed by atoms with van der Waals surface area (Å²) in [7, 11) is 0. The van der Waals surface area contributed by atoms with Crippen molar-refractivity contribution in [3.05, 3.63) is 24.5 Å². The van der Waals surface area contributed by atoms with Crippen LogP contribution in [-0.4, -0.2) is 4.98 Å². The Hall–Kier alpha value is 0.743. The van der Waals surface area contributed by atoms with Crippen molar-refractivity contribution in [2.45, 2.75) is 0 Å². The number of nitrogens with one attached hydrogen (secondary N) is 1. The molecule has 1 aromatic heterocycles. The summed E-state index contributed by atoms with van der Waals surface area (Å²) in [6.45, 7) is 0. The van der Waals surface area contributed by atoms with Gasteiger partial charge in [0.1, 0.15) is 0 Å². The van der Waals surface area contributed by atoms with Crippen molar-refractivity contribution < 1.29 is 51.0 Å². The maximum absolute atomic E-state index is 2.74. The Bertz CT molecular complexity index is 70.5. The molecule has 1 rings (SSSR count). The van der Waals surface area contributed by atoms with E-state index in [-0.39, 0.29) is 51.0 Å². The fourth-order valence-corrected chi connectivity index (χ4v) is 0.241. The summed E-state index contributed by atoms with van der Waals surface area (Å²) in [5.41, 5.74) is 0. The van der Waals surface area contributed by atoms with Gasteiger partial charge in [-0.2, -0.15) is 18.3 Å². The third-order valence-electron chi connectivity index (χ3n) is 0.442. The average molecular weight is 228 g/mol. The predicted octanol–water partition coefficient (Wildman–Crippen LogP) is -5.18. The molecule has 0 atom stereocenters. The summed E-state index contributed by atoms with van der Waals surface area (Å²) in [6.07, 6.45) is 4.56. The van der Waals surface area contributed by atoms with E-state index in [1.54, 1.807) is 0 Å². The first-order chi connectivity index (χ1) is 2.50. The predicted molar refractivity (Wildman–Crippen MR) is 19.6 cm³/mol. The first kappa shape index (κ1) is 15.9. The third kappa shape index (κ3) is 6.74. The summed E-state index contributed by atoms with van der Waals surface area (Å²) in [5.74, 6) is 0.